The summed E-state index contributed by atoms with van der Waals surface area (Å²) in [5, 5.41) is 3.76. The fourth-order valence-electron chi connectivity index (χ4n) is 3.24. The van der Waals surface area contributed by atoms with Crippen LogP contribution in [-0.2, 0) is 9.47 Å². The lowest BCUT2D eigenvalue weighted by molar-refractivity contribution is 0.0568. The summed E-state index contributed by atoms with van der Waals surface area (Å²) in [5.41, 5.74) is 0. The summed E-state index contributed by atoms with van der Waals surface area (Å²) < 4.78 is 11.2. The summed E-state index contributed by atoms with van der Waals surface area (Å²) in [6, 6.07) is 0.651. The molecule has 2 fully saturated rings. The van der Waals surface area contributed by atoms with Gasteiger partial charge in [-0.25, -0.2) is 0 Å². The van der Waals surface area contributed by atoms with Crippen LogP contribution in [0.5, 0.6) is 0 Å². The Morgan fingerprint density at radius 3 is 2.67 bits per heavy atom. The highest BCUT2D eigenvalue weighted by atomic mass is 16.5. The van der Waals surface area contributed by atoms with Crippen molar-refractivity contribution in [2.45, 2.75) is 58.1 Å². The zero-order valence-corrected chi connectivity index (χ0v) is 12.0. The first-order chi connectivity index (χ1) is 8.79. The van der Waals surface area contributed by atoms with Gasteiger partial charge >= 0.3 is 0 Å². The number of ether oxygens (including phenoxy) is 2. The van der Waals surface area contributed by atoms with Gasteiger partial charge in [-0.05, 0) is 51.5 Å². The standard InChI is InChI=1S/C15H29NO2/c1-3-6-16-15(14-9-12(2)18-11-14)10-13-4-7-17-8-5-13/h12-16H,3-11H2,1-2H3. The van der Waals surface area contributed by atoms with Gasteiger partial charge in [-0.3, -0.25) is 0 Å². The molecule has 0 bridgehead atoms. The van der Waals surface area contributed by atoms with Crippen LogP contribution in [0.1, 0.15) is 46.0 Å². The lowest BCUT2D eigenvalue weighted by Crippen LogP contribution is -2.39. The van der Waals surface area contributed by atoms with Gasteiger partial charge in [0, 0.05) is 25.2 Å². The molecular formula is C15H29NO2. The molecule has 2 rings (SSSR count). The average molecular weight is 255 g/mol. The minimum absolute atomic E-state index is 0.454. The molecule has 3 atom stereocenters. The molecule has 3 nitrogen and oxygen atoms in total. The SMILES string of the molecule is CCCNC(CC1CCOCC1)C1COC(C)C1. The summed E-state index contributed by atoms with van der Waals surface area (Å²) in [5.74, 6) is 1.57. The lowest BCUT2D eigenvalue weighted by atomic mass is 9.85. The Balaban J connectivity index is 1.83. The second-order valence-electron chi connectivity index (χ2n) is 5.99. The van der Waals surface area contributed by atoms with Gasteiger partial charge in [-0.2, -0.15) is 0 Å². The number of rotatable bonds is 6. The maximum Gasteiger partial charge on any atom is 0.0551 e. The van der Waals surface area contributed by atoms with Crippen LogP contribution in [0.4, 0.5) is 0 Å². The number of hydrogen-bond donors (Lipinski definition) is 1. The minimum atomic E-state index is 0.454. The first-order valence-electron chi connectivity index (χ1n) is 7.72. The first kappa shape index (κ1) is 14.3. The summed E-state index contributed by atoms with van der Waals surface area (Å²) in [6.07, 6.45) is 6.69. The Labute approximate surface area is 112 Å². The molecule has 3 heteroatoms. The Kier molecular flexibility index (Phi) is 5.93. The van der Waals surface area contributed by atoms with Gasteiger partial charge in [0.15, 0.2) is 0 Å². The highest BCUT2D eigenvalue weighted by molar-refractivity contribution is 4.84. The molecule has 2 heterocycles. The van der Waals surface area contributed by atoms with Gasteiger partial charge < -0.3 is 14.8 Å². The van der Waals surface area contributed by atoms with E-state index in [-0.39, 0.29) is 0 Å². The fourth-order valence-corrected chi connectivity index (χ4v) is 3.24. The summed E-state index contributed by atoms with van der Waals surface area (Å²) in [6.45, 7) is 8.45. The van der Waals surface area contributed by atoms with Crippen LogP contribution in [0.15, 0.2) is 0 Å². The normalized spacial score (nSPS) is 31.7. The second-order valence-corrected chi connectivity index (χ2v) is 5.99. The van der Waals surface area contributed by atoms with E-state index in [1.165, 1.54) is 32.1 Å². The summed E-state index contributed by atoms with van der Waals surface area (Å²) >= 11 is 0. The van der Waals surface area contributed by atoms with Crippen molar-refractivity contribution in [2.24, 2.45) is 11.8 Å². The number of nitrogens with one attached hydrogen (secondary N) is 1. The Hall–Kier alpha value is -0.120. The zero-order chi connectivity index (χ0) is 12.8. The quantitative estimate of drug-likeness (QED) is 0.791. The van der Waals surface area contributed by atoms with Crippen LogP contribution in [0.3, 0.4) is 0 Å². The molecule has 0 amide bonds. The van der Waals surface area contributed by atoms with E-state index in [1.54, 1.807) is 0 Å². The van der Waals surface area contributed by atoms with Gasteiger partial charge in [0.05, 0.1) is 12.7 Å². The molecule has 106 valence electrons. The topological polar surface area (TPSA) is 30.5 Å². The van der Waals surface area contributed by atoms with Crippen LogP contribution in [0, 0.1) is 11.8 Å². The highest BCUT2D eigenvalue weighted by Crippen LogP contribution is 2.29. The molecule has 3 unspecified atom stereocenters. The van der Waals surface area contributed by atoms with Gasteiger partial charge in [-0.15, -0.1) is 0 Å². The van der Waals surface area contributed by atoms with Crippen molar-refractivity contribution < 1.29 is 9.47 Å². The van der Waals surface area contributed by atoms with Crippen LogP contribution >= 0.6 is 0 Å². The third-order valence-electron chi connectivity index (χ3n) is 4.38. The second kappa shape index (κ2) is 7.46. The zero-order valence-electron chi connectivity index (χ0n) is 12.0. The Morgan fingerprint density at radius 1 is 1.28 bits per heavy atom. The molecule has 2 saturated heterocycles. The first-order valence-corrected chi connectivity index (χ1v) is 7.72. The highest BCUT2D eigenvalue weighted by Gasteiger charge is 2.31. The van der Waals surface area contributed by atoms with Gasteiger partial charge in [0.1, 0.15) is 0 Å². The van der Waals surface area contributed by atoms with Crippen LogP contribution in [0.25, 0.3) is 0 Å². The Morgan fingerprint density at radius 2 is 2.06 bits per heavy atom. The van der Waals surface area contributed by atoms with E-state index < -0.39 is 0 Å². The minimum Gasteiger partial charge on any atom is -0.381 e. The van der Waals surface area contributed by atoms with E-state index in [4.69, 9.17) is 9.47 Å². The maximum absolute atomic E-state index is 5.75. The molecule has 0 saturated carbocycles. The monoisotopic (exact) mass is 255 g/mol. The van der Waals surface area contributed by atoms with Gasteiger partial charge in [0.2, 0.25) is 0 Å². The molecule has 18 heavy (non-hydrogen) atoms. The fraction of sp³-hybridized carbons (Fsp3) is 1.00. The van der Waals surface area contributed by atoms with Crippen molar-refractivity contribution in [3.05, 3.63) is 0 Å². The van der Waals surface area contributed by atoms with E-state index in [2.05, 4.69) is 19.2 Å². The maximum atomic E-state index is 5.75. The van der Waals surface area contributed by atoms with Crippen LogP contribution < -0.4 is 5.32 Å². The predicted octanol–water partition coefficient (Wildman–Crippen LogP) is 2.60. The molecule has 2 aliphatic rings. The smallest absolute Gasteiger partial charge is 0.0551 e. The van der Waals surface area contributed by atoms with E-state index in [9.17, 15) is 0 Å². The van der Waals surface area contributed by atoms with Crippen molar-refractivity contribution in [1.82, 2.24) is 5.32 Å². The van der Waals surface area contributed by atoms with Crippen molar-refractivity contribution in [1.29, 1.82) is 0 Å². The van der Waals surface area contributed by atoms with Gasteiger partial charge in [0.25, 0.3) is 0 Å². The van der Waals surface area contributed by atoms with Gasteiger partial charge in [-0.1, -0.05) is 6.92 Å². The van der Waals surface area contributed by atoms with E-state index >= 15 is 0 Å². The molecule has 0 spiro atoms. The molecule has 0 aromatic carbocycles. The third-order valence-corrected chi connectivity index (χ3v) is 4.38. The lowest BCUT2D eigenvalue weighted by Gasteiger charge is -2.30. The Bertz CT molecular complexity index is 229. The average Bonchev–Trinajstić information content (AvgIpc) is 2.82. The third kappa shape index (κ3) is 4.22. The van der Waals surface area contributed by atoms with Crippen molar-refractivity contribution in [2.75, 3.05) is 26.4 Å². The molecule has 0 aromatic rings. The van der Waals surface area contributed by atoms with Crippen LogP contribution in [0.2, 0.25) is 0 Å². The van der Waals surface area contributed by atoms with E-state index in [1.807, 2.05) is 0 Å². The largest absolute Gasteiger partial charge is 0.381 e. The molecule has 1 N–H and O–H groups in total. The van der Waals surface area contributed by atoms with Crippen molar-refractivity contribution in [3.63, 3.8) is 0 Å². The molecular weight excluding hydrogens is 226 g/mol. The molecule has 0 aliphatic carbocycles. The van der Waals surface area contributed by atoms with E-state index in [0.717, 1.165) is 38.2 Å². The van der Waals surface area contributed by atoms with Crippen molar-refractivity contribution in [3.8, 4) is 0 Å². The summed E-state index contributed by atoms with van der Waals surface area (Å²) in [7, 11) is 0. The predicted molar refractivity (Wildman–Crippen MR) is 73.8 cm³/mol. The number of hydrogen-bond acceptors (Lipinski definition) is 3. The molecule has 0 aromatic heterocycles. The molecule has 0 radical (unpaired) electrons. The molecule has 2 aliphatic heterocycles. The summed E-state index contributed by atoms with van der Waals surface area (Å²) in [4.78, 5) is 0. The van der Waals surface area contributed by atoms with Crippen LogP contribution in [-0.4, -0.2) is 38.5 Å². The van der Waals surface area contributed by atoms with E-state index in [0.29, 0.717) is 12.1 Å². The van der Waals surface area contributed by atoms with Crippen molar-refractivity contribution >= 4 is 0 Å².